The summed E-state index contributed by atoms with van der Waals surface area (Å²) in [5.74, 6) is -1.20. The van der Waals surface area contributed by atoms with Gasteiger partial charge in [-0.15, -0.1) is 10.2 Å². The number of rotatable bonds is 5. The minimum Gasteiger partial charge on any atom is -0.503 e. The Balaban J connectivity index is 1.85. The third-order valence-electron chi connectivity index (χ3n) is 4.31. The number of furan rings is 1. The average molecular weight is 413 g/mol. The highest BCUT2D eigenvalue weighted by atomic mass is 32.2. The SMILES string of the molecule is CSc1nnc(N2C(=O)C(O)=C(C(=O)c3ccc(C)o3)[C@@H]2c2ccccc2)s1. The number of nitrogens with zero attached hydrogens (tertiary/aromatic N) is 3. The molecule has 0 bridgehead atoms. The van der Waals surface area contributed by atoms with Gasteiger partial charge in [0, 0.05) is 0 Å². The lowest BCUT2D eigenvalue weighted by Crippen LogP contribution is -2.31. The van der Waals surface area contributed by atoms with E-state index in [1.165, 1.54) is 34.1 Å². The van der Waals surface area contributed by atoms with Crippen molar-refractivity contribution in [1.82, 2.24) is 10.2 Å². The molecule has 3 heterocycles. The Hall–Kier alpha value is -2.91. The van der Waals surface area contributed by atoms with Gasteiger partial charge in [-0.2, -0.15) is 0 Å². The maximum Gasteiger partial charge on any atom is 0.296 e. The molecular weight excluding hydrogens is 398 g/mol. The van der Waals surface area contributed by atoms with E-state index in [-0.39, 0.29) is 11.3 Å². The van der Waals surface area contributed by atoms with Crippen molar-refractivity contribution in [2.24, 2.45) is 0 Å². The number of aliphatic hydroxyl groups excluding tert-OH is 1. The van der Waals surface area contributed by atoms with E-state index in [1.54, 1.807) is 37.3 Å². The molecule has 4 rings (SSSR count). The lowest BCUT2D eigenvalue weighted by atomic mass is 9.95. The number of carbonyl (C=O) groups excluding carboxylic acids is 2. The smallest absolute Gasteiger partial charge is 0.296 e. The van der Waals surface area contributed by atoms with E-state index in [1.807, 2.05) is 12.3 Å². The second-order valence-corrected chi connectivity index (χ2v) is 8.05. The Kier molecular flexibility index (Phi) is 4.78. The first-order valence-electron chi connectivity index (χ1n) is 8.31. The molecule has 0 unspecified atom stereocenters. The summed E-state index contributed by atoms with van der Waals surface area (Å²) in [4.78, 5) is 27.3. The largest absolute Gasteiger partial charge is 0.503 e. The Labute approximate surface area is 168 Å². The molecule has 0 saturated heterocycles. The van der Waals surface area contributed by atoms with E-state index in [4.69, 9.17) is 4.42 Å². The highest BCUT2D eigenvalue weighted by molar-refractivity contribution is 8.00. The number of benzene rings is 1. The van der Waals surface area contributed by atoms with Crippen LogP contribution in [0.25, 0.3) is 0 Å². The molecule has 1 aliphatic rings. The van der Waals surface area contributed by atoms with Crippen LogP contribution in [0.5, 0.6) is 0 Å². The topological polar surface area (TPSA) is 96.5 Å². The normalized spacial score (nSPS) is 16.9. The molecule has 1 aliphatic heterocycles. The first kappa shape index (κ1) is 18.5. The molecule has 9 heteroatoms. The third kappa shape index (κ3) is 3.02. The standard InChI is InChI=1S/C19H15N3O4S2/c1-10-8-9-12(26-10)15(23)13-14(11-6-4-3-5-7-11)22(17(25)16(13)24)18-20-21-19(27-2)28-18/h3-9,14,24H,1-2H3/t14-/m0/s1. The van der Waals surface area contributed by atoms with Crippen molar-refractivity contribution in [3.63, 3.8) is 0 Å². The predicted octanol–water partition coefficient (Wildman–Crippen LogP) is 3.94. The number of aryl methyl sites for hydroxylation is 1. The van der Waals surface area contributed by atoms with Gasteiger partial charge in [0.2, 0.25) is 10.9 Å². The number of amides is 1. The van der Waals surface area contributed by atoms with Gasteiger partial charge >= 0.3 is 0 Å². The van der Waals surface area contributed by atoms with Gasteiger partial charge in [-0.3, -0.25) is 14.5 Å². The molecule has 1 N–H and O–H groups in total. The van der Waals surface area contributed by atoms with E-state index in [0.29, 0.717) is 20.8 Å². The first-order chi connectivity index (χ1) is 13.5. The predicted molar refractivity (Wildman–Crippen MR) is 106 cm³/mol. The van der Waals surface area contributed by atoms with E-state index in [2.05, 4.69) is 10.2 Å². The zero-order valence-corrected chi connectivity index (χ0v) is 16.6. The lowest BCUT2D eigenvalue weighted by Gasteiger charge is -2.23. The molecule has 2 aromatic heterocycles. The monoisotopic (exact) mass is 413 g/mol. The number of hydrogen-bond donors (Lipinski definition) is 1. The summed E-state index contributed by atoms with van der Waals surface area (Å²) >= 11 is 2.62. The molecule has 28 heavy (non-hydrogen) atoms. The van der Waals surface area contributed by atoms with Crippen molar-refractivity contribution < 1.29 is 19.1 Å². The van der Waals surface area contributed by atoms with Gasteiger partial charge in [0.1, 0.15) is 5.76 Å². The first-order valence-corrected chi connectivity index (χ1v) is 10.4. The average Bonchev–Trinajstić information content (AvgIpc) is 3.41. The fourth-order valence-corrected chi connectivity index (χ4v) is 4.34. The zero-order chi connectivity index (χ0) is 19.8. The number of aliphatic hydroxyl groups is 1. The van der Waals surface area contributed by atoms with Gasteiger partial charge in [-0.1, -0.05) is 53.4 Å². The van der Waals surface area contributed by atoms with Crippen LogP contribution in [0.2, 0.25) is 0 Å². The van der Waals surface area contributed by atoms with Crippen LogP contribution in [0.15, 0.2) is 62.6 Å². The minimum atomic E-state index is -0.825. The summed E-state index contributed by atoms with van der Waals surface area (Å²) in [6, 6.07) is 11.4. The van der Waals surface area contributed by atoms with Crippen molar-refractivity contribution >= 4 is 39.9 Å². The van der Waals surface area contributed by atoms with Crippen molar-refractivity contribution in [1.29, 1.82) is 0 Å². The Morgan fingerprint density at radius 3 is 2.57 bits per heavy atom. The molecule has 7 nitrogen and oxygen atoms in total. The van der Waals surface area contributed by atoms with Gasteiger partial charge in [0.05, 0.1) is 11.6 Å². The van der Waals surface area contributed by atoms with Gasteiger partial charge in [0.25, 0.3) is 5.91 Å². The number of hydrogen-bond acceptors (Lipinski definition) is 8. The molecule has 1 amide bonds. The quantitative estimate of drug-likeness (QED) is 0.384. The molecule has 142 valence electrons. The van der Waals surface area contributed by atoms with Crippen LogP contribution in [0.1, 0.15) is 27.9 Å². The number of ketones is 1. The Morgan fingerprint density at radius 2 is 1.96 bits per heavy atom. The molecular formula is C19H15N3O4S2. The fourth-order valence-electron chi connectivity index (χ4n) is 3.06. The van der Waals surface area contributed by atoms with Crippen LogP contribution in [0.4, 0.5) is 5.13 Å². The van der Waals surface area contributed by atoms with Crippen LogP contribution in [-0.2, 0) is 4.79 Å². The molecule has 0 saturated carbocycles. The maximum absolute atomic E-state index is 13.1. The molecule has 1 aromatic carbocycles. The van der Waals surface area contributed by atoms with E-state index in [9.17, 15) is 14.7 Å². The number of aromatic nitrogens is 2. The summed E-state index contributed by atoms with van der Waals surface area (Å²) in [6.45, 7) is 1.72. The fraction of sp³-hybridized carbons (Fsp3) is 0.158. The Bertz CT molecular complexity index is 1090. The zero-order valence-electron chi connectivity index (χ0n) is 14.9. The summed E-state index contributed by atoms with van der Waals surface area (Å²) in [6.07, 6.45) is 1.86. The van der Waals surface area contributed by atoms with Crippen LogP contribution < -0.4 is 4.90 Å². The number of thioether (sulfide) groups is 1. The van der Waals surface area contributed by atoms with Crippen molar-refractivity contribution in [2.45, 2.75) is 17.3 Å². The van der Waals surface area contributed by atoms with Gasteiger partial charge in [-0.25, -0.2) is 0 Å². The molecule has 0 aliphatic carbocycles. The number of carbonyl (C=O) groups is 2. The molecule has 0 spiro atoms. The van der Waals surface area contributed by atoms with Gasteiger partial charge < -0.3 is 9.52 Å². The van der Waals surface area contributed by atoms with Crippen LogP contribution in [0, 0.1) is 6.92 Å². The second kappa shape index (κ2) is 7.25. The van der Waals surface area contributed by atoms with Crippen LogP contribution >= 0.6 is 23.1 Å². The van der Waals surface area contributed by atoms with E-state index < -0.39 is 23.5 Å². The molecule has 0 radical (unpaired) electrons. The summed E-state index contributed by atoms with van der Waals surface area (Å²) in [5.41, 5.74) is 0.638. The van der Waals surface area contributed by atoms with Gasteiger partial charge in [-0.05, 0) is 30.9 Å². The number of anilines is 1. The van der Waals surface area contributed by atoms with Gasteiger partial charge in [0.15, 0.2) is 15.9 Å². The van der Waals surface area contributed by atoms with Crippen molar-refractivity contribution in [2.75, 3.05) is 11.2 Å². The van der Waals surface area contributed by atoms with Crippen LogP contribution in [-0.4, -0.2) is 33.3 Å². The summed E-state index contributed by atoms with van der Waals surface area (Å²) in [5, 5.41) is 19.0. The summed E-state index contributed by atoms with van der Waals surface area (Å²) in [7, 11) is 0. The summed E-state index contributed by atoms with van der Waals surface area (Å²) < 4.78 is 6.11. The van der Waals surface area contributed by atoms with Crippen molar-refractivity contribution in [3.8, 4) is 0 Å². The molecule has 0 fully saturated rings. The number of Topliss-reactive ketones (excluding diaryl/α,β-unsaturated/α-hetero) is 1. The van der Waals surface area contributed by atoms with E-state index in [0.717, 1.165) is 0 Å². The second-order valence-electron chi connectivity index (χ2n) is 6.04. The molecule has 1 atom stereocenters. The van der Waals surface area contributed by atoms with Crippen LogP contribution in [0.3, 0.4) is 0 Å². The Morgan fingerprint density at radius 1 is 1.21 bits per heavy atom. The maximum atomic E-state index is 13.1. The lowest BCUT2D eigenvalue weighted by molar-refractivity contribution is -0.117. The molecule has 3 aromatic rings. The third-order valence-corrected chi connectivity index (χ3v) is 6.21. The minimum absolute atomic E-state index is 0.0357. The van der Waals surface area contributed by atoms with E-state index >= 15 is 0 Å². The highest BCUT2D eigenvalue weighted by Crippen LogP contribution is 2.43. The highest BCUT2D eigenvalue weighted by Gasteiger charge is 2.46. The van der Waals surface area contributed by atoms with Crippen molar-refractivity contribution in [3.05, 3.63) is 70.9 Å².